The van der Waals surface area contributed by atoms with Gasteiger partial charge in [0.05, 0.1) is 18.4 Å². The number of anilines is 1. The van der Waals surface area contributed by atoms with Crippen LogP contribution in [0.4, 0.5) is 5.69 Å². The zero-order valence-corrected chi connectivity index (χ0v) is 17.1. The molecule has 28 heavy (non-hydrogen) atoms. The first-order chi connectivity index (χ1) is 13.3. The van der Waals surface area contributed by atoms with Crippen molar-refractivity contribution in [1.82, 2.24) is 9.29 Å². The molecule has 0 atom stereocenters. The van der Waals surface area contributed by atoms with Gasteiger partial charge in [0.1, 0.15) is 9.96 Å². The number of benzene rings is 1. The molecule has 0 bridgehead atoms. The molecular formula is C18H16ClN3O4S2. The lowest BCUT2D eigenvalue weighted by Gasteiger charge is -2.15. The van der Waals surface area contributed by atoms with Crippen LogP contribution >= 0.6 is 22.9 Å². The Bertz CT molecular complexity index is 1040. The second-order valence-electron chi connectivity index (χ2n) is 5.68. The summed E-state index contributed by atoms with van der Waals surface area (Å²) in [6.07, 6.45) is 1.43. The largest absolute Gasteiger partial charge is 0.439 e. The molecule has 3 aromatic rings. The fourth-order valence-corrected chi connectivity index (χ4v) is 4.64. The minimum atomic E-state index is -3.68. The number of sulfonamides is 1. The van der Waals surface area contributed by atoms with Crippen LogP contribution in [-0.4, -0.2) is 37.2 Å². The molecule has 0 saturated carbocycles. The van der Waals surface area contributed by atoms with Crippen LogP contribution in [0.25, 0.3) is 0 Å². The fraction of sp³-hybridized carbons (Fsp3) is 0.111. The summed E-state index contributed by atoms with van der Waals surface area (Å²) in [6, 6.07) is 13.2. The molecule has 0 fully saturated rings. The van der Waals surface area contributed by atoms with Gasteiger partial charge < -0.3 is 10.1 Å². The van der Waals surface area contributed by atoms with Gasteiger partial charge in [-0.1, -0.05) is 17.7 Å². The van der Waals surface area contributed by atoms with Crippen LogP contribution in [0, 0.1) is 0 Å². The van der Waals surface area contributed by atoms with Crippen molar-refractivity contribution in [2.45, 2.75) is 4.21 Å². The summed E-state index contributed by atoms with van der Waals surface area (Å²) in [5.41, 5.74) is 0.426. The zero-order valence-electron chi connectivity index (χ0n) is 14.7. The molecule has 7 nitrogen and oxygen atoms in total. The van der Waals surface area contributed by atoms with Crippen molar-refractivity contribution >= 4 is 44.6 Å². The maximum absolute atomic E-state index is 12.3. The smallest absolute Gasteiger partial charge is 0.252 e. The van der Waals surface area contributed by atoms with Gasteiger partial charge in [-0.25, -0.2) is 13.4 Å². The Labute approximate surface area is 171 Å². The third-order valence-corrected chi connectivity index (χ3v) is 7.01. The van der Waals surface area contributed by atoms with Crippen molar-refractivity contribution in [3.63, 3.8) is 0 Å². The number of hydrogen-bond acceptors (Lipinski definition) is 6. The number of likely N-dealkylation sites (N-methyl/N-ethyl adjacent to an activating group) is 1. The van der Waals surface area contributed by atoms with Gasteiger partial charge in [-0.15, -0.1) is 11.3 Å². The quantitative estimate of drug-likeness (QED) is 0.606. The number of halogens is 1. The molecule has 1 amide bonds. The van der Waals surface area contributed by atoms with Crippen molar-refractivity contribution in [2.75, 3.05) is 18.9 Å². The van der Waals surface area contributed by atoms with Gasteiger partial charge in [-0.05, 0) is 41.8 Å². The van der Waals surface area contributed by atoms with Crippen molar-refractivity contribution in [2.24, 2.45) is 0 Å². The van der Waals surface area contributed by atoms with E-state index in [4.69, 9.17) is 16.3 Å². The number of ether oxygens (including phenoxy) is 1. The molecule has 2 heterocycles. The van der Waals surface area contributed by atoms with E-state index >= 15 is 0 Å². The number of hydrogen-bond donors (Lipinski definition) is 1. The molecule has 0 spiro atoms. The average molecular weight is 438 g/mol. The lowest BCUT2D eigenvalue weighted by atomic mass is 10.3. The van der Waals surface area contributed by atoms with Gasteiger partial charge in [0.15, 0.2) is 0 Å². The maximum atomic E-state index is 12.3. The third kappa shape index (κ3) is 5.08. The van der Waals surface area contributed by atoms with Crippen molar-refractivity contribution < 1.29 is 17.9 Å². The molecule has 0 aliphatic rings. The number of rotatable bonds is 7. The molecule has 2 aromatic heterocycles. The Morgan fingerprint density at radius 3 is 2.57 bits per heavy atom. The van der Waals surface area contributed by atoms with Gasteiger partial charge in [-0.2, -0.15) is 4.31 Å². The Hall–Kier alpha value is -2.46. The highest BCUT2D eigenvalue weighted by molar-refractivity contribution is 7.91. The summed E-state index contributed by atoms with van der Waals surface area (Å²) < 4.78 is 31.4. The lowest BCUT2D eigenvalue weighted by Crippen LogP contribution is -2.34. The van der Waals surface area contributed by atoms with Crippen LogP contribution in [0.15, 0.2) is 64.3 Å². The number of carbonyl (C=O) groups excluding carboxylic acids is 1. The summed E-state index contributed by atoms with van der Waals surface area (Å²) in [5.74, 6) is 0.447. The number of nitrogens with one attached hydrogen (secondary N) is 1. The summed E-state index contributed by atoms with van der Waals surface area (Å²) in [7, 11) is -2.32. The van der Waals surface area contributed by atoms with E-state index in [1.165, 1.54) is 19.3 Å². The van der Waals surface area contributed by atoms with E-state index in [-0.39, 0.29) is 10.8 Å². The molecule has 0 aliphatic heterocycles. The molecule has 1 aromatic carbocycles. The maximum Gasteiger partial charge on any atom is 0.252 e. The molecule has 1 N–H and O–H groups in total. The highest BCUT2D eigenvalue weighted by Gasteiger charge is 2.23. The van der Waals surface area contributed by atoms with Crippen LogP contribution in [0.2, 0.25) is 5.02 Å². The number of pyridine rings is 1. The SMILES string of the molecule is CN(CC(=O)Nc1ccc(Oc2ccc(Cl)cc2)nc1)S(=O)(=O)c1cccs1. The first-order valence-electron chi connectivity index (χ1n) is 8.04. The Morgan fingerprint density at radius 1 is 1.21 bits per heavy atom. The Morgan fingerprint density at radius 2 is 1.96 bits per heavy atom. The van der Waals surface area contributed by atoms with Gasteiger partial charge >= 0.3 is 0 Å². The minimum absolute atomic E-state index is 0.188. The van der Waals surface area contributed by atoms with E-state index < -0.39 is 15.9 Å². The molecule has 0 aliphatic carbocycles. The molecule has 0 radical (unpaired) electrons. The van der Waals surface area contributed by atoms with E-state index in [0.717, 1.165) is 15.6 Å². The van der Waals surface area contributed by atoms with E-state index in [1.54, 1.807) is 47.8 Å². The van der Waals surface area contributed by atoms with Crippen LogP contribution in [0.5, 0.6) is 11.6 Å². The lowest BCUT2D eigenvalue weighted by molar-refractivity contribution is -0.116. The minimum Gasteiger partial charge on any atom is -0.439 e. The number of carbonyl (C=O) groups is 1. The van der Waals surface area contributed by atoms with Crippen molar-refractivity contribution in [1.29, 1.82) is 0 Å². The van der Waals surface area contributed by atoms with Crippen LogP contribution in [0.1, 0.15) is 0 Å². The van der Waals surface area contributed by atoms with Crippen LogP contribution in [0.3, 0.4) is 0 Å². The Balaban J connectivity index is 1.57. The monoisotopic (exact) mass is 437 g/mol. The number of amides is 1. The predicted molar refractivity (Wildman–Crippen MR) is 109 cm³/mol. The topological polar surface area (TPSA) is 88.6 Å². The second kappa shape index (κ2) is 8.70. The standard InChI is InChI=1S/C18H16ClN3O4S2/c1-22(28(24,25)18-3-2-10-27-18)12-16(23)21-14-6-9-17(20-11-14)26-15-7-4-13(19)5-8-15/h2-11H,12H2,1H3,(H,21,23). The van der Waals surface area contributed by atoms with Gasteiger partial charge in [0.2, 0.25) is 11.8 Å². The zero-order chi connectivity index (χ0) is 20.1. The van der Waals surface area contributed by atoms with Crippen LogP contribution in [-0.2, 0) is 14.8 Å². The molecule has 10 heteroatoms. The Kier molecular flexibility index (Phi) is 6.30. The molecule has 0 unspecified atom stereocenters. The first kappa shape index (κ1) is 20.3. The molecular weight excluding hydrogens is 422 g/mol. The second-order valence-corrected chi connectivity index (χ2v) is 9.34. The summed E-state index contributed by atoms with van der Waals surface area (Å²) in [6.45, 7) is -0.316. The van der Waals surface area contributed by atoms with Crippen molar-refractivity contribution in [3.05, 3.63) is 65.1 Å². The van der Waals surface area contributed by atoms with E-state index in [1.807, 2.05) is 0 Å². The highest BCUT2D eigenvalue weighted by atomic mass is 35.5. The summed E-state index contributed by atoms with van der Waals surface area (Å²) >= 11 is 6.92. The summed E-state index contributed by atoms with van der Waals surface area (Å²) in [4.78, 5) is 16.3. The molecule has 0 saturated heterocycles. The molecule has 3 rings (SSSR count). The molecule has 146 valence electrons. The van der Waals surface area contributed by atoms with Gasteiger partial charge in [0, 0.05) is 18.1 Å². The number of nitrogens with zero attached hydrogens (tertiary/aromatic N) is 2. The van der Waals surface area contributed by atoms with E-state index in [9.17, 15) is 13.2 Å². The first-order valence-corrected chi connectivity index (χ1v) is 10.7. The number of aromatic nitrogens is 1. The highest BCUT2D eigenvalue weighted by Crippen LogP contribution is 2.23. The van der Waals surface area contributed by atoms with Gasteiger partial charge in [0.25, 0.3) is 10.0 Å². The van der Waals surface area contributed by atoms with Gasteiger partial charge in [-0.3, -0.25) is 4.79 Å². The number of thiophene rings is 1. The van der Waals surface area contributed by atoms with Crippen LogP contribution < -0.4 is 10.1 Å². The summed E-state index contributed by atoms with van der Waals surface area (Å²) in [5, 5.41) is 4.88. The van der Waals surface area contributed by atoms with E-state index in [0.29, 0.717) is 22.3 Å². The average Bonchev–Trinajstić information content (AvgIpc) is 3.21. The predicted octanol–water partition coefficient (Wildman–Crippen LogP) is 3.85. The normalized spacial score (nSPS) is 11.4. The third-order valence-electron chi connectivity index (χ3n) is 3.58. The fourth-order valence-electron chi connectivity index (χ4n) is 2.19. The van der Waals surface area contributed by atoms with Crippen molar-refractivity contribution in [3.8, 4) is 11.6 Å². The van der Waals surface area contributed by atoms with E-state index in [2.05, 4.69) is 10.3 Å².